The summed E-state index contributed by atoms with van der Waals surface area (Å²) < 4.78 is 0. The van der Waals surface area contributed by atoms with E-state index < -0.39 is 0 Å². The van der Waals surface area contributed by atoms with Gasteiger partial charge in [0.2, 0.25) is 0 Å². The van der Waals surface area contributed by atoms with E-state index >= 15 is 0 Å². The number of carbonyl (C=O) groups is 1. The molecular formula is C18H18N2O. The standard InChI is InChI=1S/C18H18N2O/c1-13-7-3-6-10-17(13)20(2)12-18(21)15-11-19-16-9-5-4-8-14(15)16/h3-11,19H,12H2,1-2H3. The number of nitrogens with zero attached hydrogens (tertiary/aromatic N) is 1. The van der Waals surface area contributed by atoms with Crippen LogP contribution in [0.5, 0.6) is 0 Å². The normalized spacial score (nSPS) is 10.8. The Morgan fingerprint density at radius 2 is 1.81 bits per heavy atom. The van der Waals surface area contributed by atoms with Crippen LogP contribution in [0.1, 0.15) is 15.9 Å². The van der Waals surface area contributed by atoms with Crippen LogP contribution in [0, 0.1) is 6.92 Å². The van der Waals surface area contributed by atoms with Crippen LogP contribution < -0.4 is 4.90 Å². The Kier molecular flexibility index (Phi) is 3.48. The van der Waals surface area contributed by atoms with Gasteiger partial charge in [0.05, 0.1) is 6.54 Å². The van der Waals surface area contributed by atoms with E-state index in [0.717, 1.165) is 22.2 Å². The molecule has 0 bridgehead atoms. The summed E-state index contributed by atoms with van der Waals surface area (Å²) in [6, 6.07) is 16.0. The number of hydrogen-bond donors (Lipinski definition) is 1. The van der Waals surface area contributed by atoms with Gasteiger partial charge in [-0.3, -0.25) is 4.79 Å². The highest BCUT2D eigenvalue weighted by Gasteiger charge is 2.14. The summed E-state index contributed by atoms with van der Waals surface area (Å²) >= 11 is 0. The van der Waals surface area contributed by atoms with Crippen molar-refractivity contribution in [1.29, 1.82) is 0 Å². The highest BCUT2D eigenvalue weighted by Crippen LogP contribution is 2.21. The van der Waals surface area contributed by atoms with Crippen LogP contribution in [-0.2, 0) is 0 Å². The number of likely N-dealkylation sites (N-methyl/N-ethyl adjacent to an activating group) is 1. The Hall–Kier alpha value is -2.55. The SMILES string of the molecule is Cc1ccccc1N(C)CC(=O)c1c[nH]c2ccccc12. The van der Waals surface area contributed by atoms with E-state index in [-0.39, 0.29) is 5.78 Å². The zero-order chi connectivity index (χ0) is 14.8. The molecule has 0 spiro atoms. The first-order valence-electron chi connectivity index (χ1n) is 7.03. The van der Waals surface area contributed by atoms with E-state index in [4.69, 9.17) is 0 Å². The van der Waals surface area contributed by atoms with Crippen LogP contribution in [0.15, 0.2) is 54.7 Å². The van der Waals surface area contributed by atoms with E-state index in [1.165, 1.54) is 5.56 Å². The third-order valence-corrected chi connectivity index (χ3v) is 3.80. The summed E-state index contributed by atoms with van der Waals surface area (Å²) in [7, 11) is 1.95. The number of aromatic nitrogens is 1. The van der Waals surface area contributed by atoms with Crippen molar-refractivity contribution in [1.82, 2.24) is 4.98 Å². The number of aromatic amines is 1. The average molecular weight is 278 g/mol. The van der Waals surface area contributed by atoms with Crippen LogP contribution in [-0.4, -0.2) is 24.4 Å². The van der Waals surface area contributed by atoms with Crippen molar-refractivity contribution in [3.05, 3.63) is 65.9 Å². The third-order valence-electron chi connectivity index (χ3n) is 3.80. The van der Waals surface area contributed by atoms with Gasteiger partial charge in [0, 0.05) is 35.4 Å². The topological polar surface area (TPSA) is 36.1 Å². The van der Waals surface area contributed by atoms with Gasteiger partial charge in [-0.1, -0.05) is 36.4 Å². The van der Waals surface area contributed by atoms with Gasteiger partial charge in [-0.25, -0.2) is 0 Å². The summed E-state index contributed by atoms with van der Waals surface area (Å²) in [5.41, 5.74) is 4.02. The molecule has 0 saturated carbocycles. The van der Waals surface area contributed by atoms with Crippen molar-refractivity contribution in [2.75, 3.05) is 18.5 Å². The van der Waals surface area contributed by atoms with Gasteiger partial charge in [0.25, 0.3) is 0 Å². The van der Waals surface area contributed by atoms with E-state index in [0.29, 0.717) is 6.54 Å². The molecule has 1 aromatic heterocycles. The Balaban J connectivity index is 1.85. The van der Waals surface area contributed by atoms with Crippen LogP contribution in [0.25, 0.3) is 10.9 Å². The predicted octanol–water partition coefficient (Wildman–Crippen LogP) is 3.80. The maximum absolute atomic E-state index is 12.6. The number of H-pyrrole nitrogens is 1. The van der Waals surface area contributed by atoms with Crippen molar-refractivity contribution in [3.63, 3.8) is 0 Å². The second-order valence-corrected chi connectivity index (χ2v) is 5.31. The van der Waals surface area contributed by atoms with Crippen LogP contribution >= 0.6 is 0 Å². The molecule has 1 heterocycles. The highest BCUT2D eigenvalue weighted by atomic mass is 16.1. The number of fused-ring (bicyclic) bond motifs is 1. The molecule has 0 aliphatic rings. The lowest BCUT2D eigenvalue weighted by Gasteiger charge is -2.20. The molecule has 0 unspecified atom stereocenters. The minimum Gasteiger partial charge on any atom is -0.367 e. The van der Waals surface area contributed by atoms with E-state index in [1.807, 2.05) is 54.4 Å². The largest absolute Gasteiger partial charge is 0.367 e. The second kappa shape index (κ2) is 5.44. The first-order chi connectivity index (χ1) is 10.2. The van der Waals surface area contributed by atoms with Gasteiger partial charge < -0.3 is 9.88 Å². The monoisotopic (exact) mass is 278 g/mol. The van der Waals surface area contributed by atoms with Crippen molar-refractivity contribution in [3.8, 4) is 0 Å². The summed E-state index contributed by atoms with van der Waals surface area (Å²) in [6.07, 6.45) is 1.80. The number of nitrogens with one attached hydrogen (secondary N) is 1. The van der Waals surface area contributed by atoms with Crippen molar-refractivity contribution < 1.29 is 4.79 Å². The summed E-state index contributed by atoms with van der Waals surface area (Å²) in [6.45, 7) is 2.43. The Labute approximate surface area is 124 Å². The highest BCUT2D eigenvalue weighted by molar-refractivity contribution is 6.09. The number of aryl methyl sites for hydroxylation is 1. The van der Waals surface area contributed by atoms with E-state index in [1.54, 1.807) is 6.20 Å². The fourth-order valence-corrected chi connectivity index (χ4v) is 2.68. The lowest BCUT2D eigenvalue weighted by atomic mass is 10.1. The number of Topliss-reactive ketones (excluding diaryl/α,β-unsaturated/α-hetero) is 1. The van der Waals surface area contributed by atoms with Crippen LogP contribution in [0.4, 0.5) is 5.69 Å². The van der Waals surface area contributed by atoms with E-state index in [9.17, 15) is 4.79 Å². The molecule has 1 N–H and O–H groups in total. The van der Waals surface area contributed by atoms with Crippen molar-refractivity contribution in [2.45, 2.75) is 6.92 Å². The third kappa shape index (κ3) is 2.55. The number of carbonyl (C=O) groups excluding carboxylic acids is 1. The lowest BCUT2D eigenvalue weighted by molar-refractivity contribution is 0.100. The number of para-hydroxylation sites is 2. The minimum atomic E-state index is 0.123. The average Bonchev–Trinajstić information content (AvgIpc) is 2.91. The fourth-order valence-electron chi connectivity index (χ4n) is 2.68. The number of hydrogen-bond acceptors (Lipinski definition) is 2. The van der Waals surface area contributed by atoms with Crippen LogP contribution in [0.2, 0.25) is 0 Å². The Bertz CT molecular complexity index is 789. The van der Waals surface area contributed by atoms with Gasteiger partial charge in [0.1, 0.15) is 0 Å². The lowest BCUT2D eigenvalue weighted by Crippen LogP contribution is -2.26. The molecule has 0 fully saturated rings. The molecule has 3 heteroatoms. The van der Waals surface area contributed by atoms with Gasteiger partial charge in [0.15, 0.2) is 5.78 Å². The molecular weight excluding hydrogens is 260 g/mol. The molecule has 0 atom stereocenters. The Morgan fingerprint density at radius 1 is 1.10 bits per heavy atom. The molecule has 0 saturated heterocycles. The molecule has 21 heavy (non-hydrogen) atoms. The summed E-state index contributed by atoms with van der Waals surface area (Å²) in [4.78, 5) is 17.7. The minimum absolute atomic E-state index is 0.123. The quantitative estimate of drug-likeness (QED) is 0.737. The molecule has 0 aliphatic heterocycles. The zero-order valence-corrected chi connectivity index (χ0v) is 12.3. The van der Waals surface area contributed by atoms with Gasteiger partial charge in [-0.15, -0.1) is 0 Å². The van der Waals surface area contributed by atoms with Gasteiger partial charge in [-0.05, 0) is 24.6 Å². The summed E-state index contributed by atoms with van der Waals surface area (Å²) in [5.74, 6) is 0.123. The van der Waals surface area contributed by atoms with Crippen molar-refractivity contribution in [2.24, 2.45) is 0 Å². The Morgan fingerprint density at radius 3 is 2.62 bits per heavy atom. The van der Waals surface area contributed by atoms with Crippen molar-refractivity contribution >= 4 is 22.4 Å². The van der Waals surface area contributed by atoms with Gasteiger partial charge in [-0.2, -0.15) is 0 Å². The first-order valence-corrected chi connectivity index (χ1v) is 7.03. The molecule has 0 aliphatic carbocycles. The molecule has 0 amide bonds. The number of ketones is 1. The number of benzene rings is 2. The first kappa shape index (κ1) is 13.4. The van der Waals surface area contributed by atoms with Crippen LogP contribution in [0.3, 0.4) is 0 Å². The molecule has 106 valence electrons. The molecule has 3 nitrogen and oxygen atoms in total. The van der Waals surface area contributed by atoms with E-state index in [2.05, 4.69) is 18.0 Å². The molecule has 2 aromatic carbocycles. The maximum atomic E-state index is 12.6. The number of anilines is 1. The second-order valence-electron chi connectivity index (χ2n) is 5.31. The summed E-state index contributed by atoms with van der Waals surface area (Å²) in [5, 5.41) is 0.987. The predicted molar refractivity (Wildman–Crippen MR) is 87.1 cm³/mol. The fraction of sp³-hybridized carbons (Fsp3) is 0.167. The molecule has 3 aromatic rings. The zero-order valence-electron chi connectivity index (χ0n) is 12.3. The number of rotatable bonds is 4. The molecule has 0 radical (unpaired) electrons. The van der Waals surface area contributed by atoms with Gasteiger partial charge >= 0.3 is 0 Å². The smallest absolute Gasteiger partial charge is 0.184 e. The maximum Gasteiger partial charge on any atom is 0.184 e. The molecule has 3 rings (SSSR count).